The second-order valence-corrected chi connectivity index (χ2v) is 7.20. The van der Waals surface area contributed by atoms with E-state index in [4.69, 9.17) is 4.74 Å². The Morgan fingerprint density at radius 2 is 1.57 bits per heavy atom. The molecule has 0 saturated carbocycles. The van der Waals surface area contributed by atoms with Gasteiger partial charge in [-0.25, -0.2) is 9.59 Å². The van der Waals surface area contributed by atoms with Crippen molar-refractivity contribution in [1.82, 2.24) is 10.6 Å². The number of aliphatic carboxylic acids is 1. The number of ether oxygens (including phenoxy) is 1. The molecule has 2 amide bonds. The lowest BCUT2D eigenvalue weighted by atomic mass is 10.0. The molecule has 4 N–H and O–H groups in total. The van der Waals surface area contributed by atoms with Gasteiger partial charge in [-0.2, -0.15) is 0 Å². The smallest absolute Gasteiger partial charge is 0.408 e. The number of phenolic OH excluding ortho intramolecular Hbond substituents is 1. The van der Waals surface area contributed by atoms with Crippen LogP contribution in [0.25, 0.3) is 0 Å². The highest BCUT2D eigenvalue weighted by molar-refractivity contribution is 5.89. The van der Waals surface area contributed by atoms with Crippen LogP contribution in [0.1, 0.15) is 25.0 Å². The van der Waals surface area contributed by atoms with Crippen molar-refractivity contribution in [3.8, 4) is 5.75 Å². The average Bonchev–Trinajstić information content (AvgIpc) is 2.71. The highest BCUT2D eigenvalue weighted by Gasteiger charge is 2.29. The monoisotopic (exact) mass is 414 g/mol. The molecule has 0 heterocycles. The van der Waals surface area contributed by atoms with Gasteiger partial charge in [-0.1, -0.05) is 56.3 Å². The summed E-state index contributed by atoms with van der Waals surface area (Å²) < 4.78 is 5.15. The van der Waals surface area contributed by atoms with Crippen molar-refractivity contribution in [3.63, 3.8) is 0 Å². The lowest BCUT2D eigenvalue weighted by Gasteiger charge is -2.24. The molecule has 0 aliphatic heterocycles. The van der Waals surface area contributed by atoms with E-state index in [0.717, 1.165) is 5.56 Å². The summed E-state index contributed by atoms with van der Waals surface area (Å²) in [5.74, 6) is -2.05. The van der Waals surface area contributed by atoms with Crippen molar-refractivity contribution in [2.24, 2.45) is 5.92 Å². The zero-order valence-electron chi connectivity index (χ0n) is 16.9. The molecule has 0 saturated heterocycles. The number of alkyl carbamates (subject to hydrolysis) is 1. The van der Waals surface area contributed by atoms with Gasteiger partial charge >= 0.3 is 12.1 Å². The van der Waals surface area contributed by atoms with Crippen LogP contribution in [0.5, 0.6) is 5.75 Å². The number of carbonyl (C=O) groups is 3. The Kier molecular flexibility index (Phi) is 8.22. The van der Waals surface area contributed by atoms with Crippen molar-refractivity contribution in [2.45, 2.75) is 39.0 Å². The van der Waals surface area contributed by atoms with E-state index in [1.165, 1.54) is 12.1 Å². The number of aromatic hydroxyl groups is 1. The molecule has 0 radical (unpaired) electrons. The molecule has 0 unspecified atom stereocenters. The zero-order chi connectivity index (χ0) is 22.1. The van der Waals surface area contributed by atoms with Crippen LogP contribution in [0.15, 0.2) is 54.6 Å². The SMILES string of the molecule is CC(C)[C@@H](NC(=O)OCc1ccccc1)C(=O)N[C@H](Cc1ccc(O)cc1)C(=O)O. The van der Waals surface area contributed by atoms with E-state index in [9.17, 15) is 24.6 Å². The van der Waals surface area contributed by atoms with Crippen LogP contribution in [0.3, 0.4) is 0 Å². The van der Waals surface area contributed by atoms with Gasteiger partial charge in [-0.15, -0.1) is 0 Å². The predicted octanol–water partition coefficient (Wildman–Crippen LogP) is 2.46. The van der Waals surface area contributed by atoms with Crippen molar-refractivity contribution in [3.05, 3.63) is 65.7 Å². The maximum atomic E-state index is 12.7. The summed E-state index contributed by atoms with van der Waals surface area (Å²) in [6.45, 7) is 3.52. The maximum Gasteiger partial charge on any atom is 0.408 e. The number of hydrogen-bond acceptors (Lipinski definition) is 5. The third-order valence-electron chi connectivity index (χ3n) is 4.43. The minimum absolute atomic E-state index is 0.0324. The molecule has 2 rings (SSSR count). The minimum Gasteiger partial charge on any atom is -0.508 e. The number of amides is 2. The summed E-state index contributed by atoms with van der Waals surface area (Å²) >= 11 is 0. The first kappa shape index (κ1) is 22.7. The molecule has 30 heavy (non-hydrogen) atoms. The van der Waals surface area contributed by atoms with Crippen LogP contribution in [0.4, 0.5) is 4.79 Å². The highest BCUT2D eigenvalue weighted by Crippen LogP contribution is 2.12. The molecule has 0 bridgehead atoms. The number of carboxylic acid groups (broad SMARTS) is 1. The number of carbonyl (C=O) groups excluding carboxylic acids is 2. The fraction of sp³-hybridized carbons (Fsp3) is 0.318. The number of phenols is 1. The van der Waals surface area contributed by atoms with E-state index in [2.05, 4.69) is 10.6 Å². The molecule has 160 valence electrons. The highest BCUT2D eigenvalue weighted by atomic mass is 16.5. The van der Waals surface area contributed by atoms with Gasteiger partial charge in [-0.3, -0.25) is 4.79 Å². The second kappa shape index (κ2) is 10.8. The number of benzene rings is 2. The van der Waals surface area contributed by atoms with E-state index < -0.39 is 30.1 Å². The van der Waals surface area contributed by atoms with E-state index in [1.54, 1.807) is 38.1 Å². The molecule has 0 aromatic heterocycles. The molecule has 2 atom stereocenters. The molecule has 2 aromatic carbocycles. The number of nitrogens with one attached hydrogen (secondary N) is 2. The van der Waals surface area contributed by atoms with Crippen LogP contribution < -0.4 is 10.6 Å². The van der Waals surface area contributed by atoms with Crippen molar-refractivity contribution < 1.29 is 29.3 Å². The first-order valence-corrected chi connectivity index (χ1v) is 9.54. The topological polar surface area (TPSA) is 125 Å². The fourth-order valence-corrected chi connectivity index (χ4v) is 2.76. The van der Waals surface area contributed by atoms with Gasteiger partial charge in [0.05, 0.1) is 0 Å². The van der Waals surface area contributed by atoms with Crippen LogP contribution in [-0.4, -0.2) is 40.3 Å². The summed E-state index contributed by atoms with van der Waals surface area (Å²) in [6.07, 6.45) is -0.733. The quantitative estimate of drug-likeness (QED) is 0.500. The van der Waals surface area contributed by atoms with Gasteiger partial charge in [0.2, 0.25) is 5.91 Å². The lowest BCUT2D eigenvalue weighted by Crippen LogP contribution is -2.54. The minimum atomic E-state index is -1.20. The molecule has 8 nitrogen and oxygen atoms in total. The summed E-state index contributed by atoms with van der Waals surface area (Å²) in [5, 5.41) is 23.8. The first-order valence-electron chi connectivity index (χ1n) is 9.54. The Hall–Kier alpha value is -3.55. The van der Waals surface area contributed by atoms with Gasteiger partial charge in [0.1, 0.15) is 24.4 Å². The van der Waals surface area contributed by atoms with E-state index in [1.807, 2.05) is 18.2 Å². The summed E-state index contributed by atoms with van der Waals surface area (Å²) in [5.41, 5.74) is 1.44. The summed E-state index contributed by atoms with van der Waals surface area (Å²) in [7, 11) is 0. The molecule has 0 aliphatic rings. The van der Waals surface area contributed by atoms with Gasteiger partial charge in [-0.05, 0) is 29.2 Å². The largest absolute Gasteiger partial charge is 0.508 e. The standard InChI is InChI=1S/C22H26N2O6/c1-14(2)19(24-22(29)30-13-16-6-4-3-5-7-16)20(26)23-18(21(27)28)12-15-8-10-17(25)11-9-15/h3-11,14,18-19,25H,12-13H2,1-2H3,(H,23,26)(H,24,29)(H,27,28)/t18-,19-/m1/s1. The van der Waals surface area contributed by atoms with Crippen LogP contribution in [0.2, 0.25) is 0 Å². The zero-order valence-corrected chi connectivity index (χ0v) is 16.9. The molecular weight excluding hydrogens is 388 g/mol. The van der Waals surface area contributed by atoms with Gasteiger partial charge in [0, 0.05) is 6.42 Å². The Balaban J connectivity index is 1.97. The van der Waals surface area contributed by atoms with Gasteiger partial charge in [0.25, 0.3) is 0 Å². The molecule has 0 spiro atoms. The van der Waals surface area contributed by atoms with Crippen LogP contribution in [-0.2, 0) is 27.4 Å². The Morgan fingerprint density at radius 1 is 0.933 bits per heavy atom. The number of hydrogen-bond donors (Lipinski definition) is 4. The summed E-state index contributed by atoms with van der Waals surface area (Å²) in [6, 6.07) is 13.0. The fourth-order valence-electron chi connectivity index (χ4n) is 2.76. The maximum absolute atomic E-state index is 12.7. The van der Waals surface area contributed by atoms with E-state index in [0.29, 0.717) is 5.56 Å². The average molecular weight is 414 g/mol. The van der Waals surface area contributed by atoms with Crippen molar-refractivity contribution in [1.29, 1.82) is 0 Å². The third kappa shape index (κ3) is 7.12. The third-order valence-corrected chi connectivity index (χ3v) is 4.43. The second-order valence-electron chi connectivity index (χ2n) is 7.20. The van der Waals surface area contributed by atoms with Gasteiger partial charge < -0.3 is 25.6 Å². The Labute approximate surface area is 174 Å². The van der Waals surface area contributed by atoms with Crippen molar-refractivity contribution in [2.75, 3.05) is 0 Å². The number of carboxylic acids is 1. The first-order chi connectivity index (χ1) is 14.3. The molecule has 2 aromatic rings. The lowest BCUT2D eigenvalue weighted by molar-refractivity contribution is -0.142. The van der Waals surface area contributed by atoms with E-state index in [-0.39, 0.29) is 24.7 Å². The van der Waals surface area contributed by atoms with Crippen LogP contribution >= 0.6 is 0 Å². The summed E-state index contributed by atoms with van der Waals surface area (Å²) in [4.78, 5) is 36.4. The molecule has 0 fully saturated rings. The van der Waals surface area contributed by atoms with Crippen LogP contribution in [0, 0.1) is 5.92 Å². The Bertz CT molecular complexity index is 852. The predicted molar refractivity (Wildman–Crippen MR) is 110 cm³/mol. The number of rotatable bonds is 9. The Morgan fingerprint density at radius 3 is 2.13 bits per heavy atom. The molecular formula is C22H26N2O6. The normalized spacial score (nSPS) is 12.6. The molecule has 0 aliphatic carbocycles. The van der Waals surface area contributed by atoms with Crippen molar-refractivity contribution >= 4 is 18.0 Å². The molecule has 8 heteroatoms. The van der Waals surface area contributed by atoms with E-state index >= 15 is 0 Å². The van der Waals surface area contributed by atoms with Gasteiger partial charge in [0.15, 0.2) is 0 Å².